The van der Waals surface area contributed by atoms with Crippen LogP contribution in [0.1, 0.15) is 36.4 Å². The molecule has 0 aliphatic carbocycles. The number of anilines is 1. The lowest BCUT2D eigenvalue weighted by Gasteiger charge is -2.33. The van der Waals surface area contributed by atoms with Crippen molar-refractivity contribution in [3.8, 4) is 0 Å². The summed E-state index contributed by atoms with van der Waals surface area (Å²) in [6.07, 6.45) is 5.96. The summed E-state index contributed by atoms with van der Waals surface area (Å²) in [6, 6.07) is 2.70. The van der Waals surface area contributed by atoms with Crippen molar-refractivity contribution in [2.75, 3.05) is 26.0 Å². The maximum absolute atomic E-state index is 4.43. The van der Waals surface area contributed by atoms with Crippen molar-refractivity contribution in [3.63, 3.8) is 0 Å². The molecule has 16 heavy (non-hydrogen) atoms. The van der Waals surface area contributed by atoms with Crippen LogP contribution < -0.4 is 5.32 Å². The fourth-order valence-electron chi connectivity index (χ4n) is 2.52. The Bertz CT molecular complexity index is 362. The fraction of sp³-hybridized carbons (Fsp3) is 0.615. The minimum absolute atomic E-state index is 0.562. The number of rotatable bonds is 2. The molecule has 0 bridgehead atoms. The number of aromatic nitrogens is 1. The lowest BCUT2D eigenvalue weighted by atomic mass is 9.94. The Balaban J connectivity index is 2.25. The molecule has 0 radical (unpaired) electrons. The predicted molar refractivity (Wildman–Crippen MR) is 67.7 cm³/mol. The number of aryl methyl sites for hydroxylation is 1. The first-order valence-electron chi connectivity index (χ1n) is 6.07. The van der Waals surface area contributed by atoms with Gasteiger partial charge >= 0.3 is 0 Å². The van der Waals surface area contributed by atoms with Gasteiger partial charge in [-0.3, -0.25) is 4.90 Å². The zero-order valence-corrected chi connectivity index (χ0v) is 10.5. The van der Waals surface area contributed by atoms with Crippen LogP contribution in [0.4, 0.5) is 5.82 Å². The van der Waals surface area contributed by atoms with Crippen LogP contribution in [0.3, 0.4) is 0 Å². The first-order valence-corrected chi connectivity index (χ1v) is 6.07. The third-order valence-corrected chi connectivity index (χ3v) is 3.54. The highest BCUT2D eigenvalue weighted by molar-refractivity contribution is 5.41. The second-order valence-corrected chi connectivity index (χ2v) is 4.67. The van der Waals surface area contributed by atoms with E-state index in [4.69, 9.17) is 0 Å². The molecule has 0 saturated carbocycles. The van der Waals surface area contributed by atoms with Gasteiger partial charge in [0, 0.05) is 19.3 Å². The van der Waals surface area contributed by atoms with Gasteiger partial charge in [-0.25, -0.2) is 4.98 Å². The quantitative estimate of drug-likeness (QED) is 0.828. The summed E-state index contributed by atoms with van der Waals surface area (Å²) in [4.78, 5) is 6.88. The molecule has 0 amide bonds. The Kier molecular flexibility index (Phi) is 3.44. The molecule has 2 rings (SSSR count). The van der Waals surface area contributed by atoms with Crippen molar-refractivity contribution in [3.05, 3.63) is 23.4 Å². The van der Waals surface area contributed by atoms with E-state index in [1.807, 2.05) is 13.2 Å². The Morgan fingerprint density at radius 1 is 1.44 bits per heavy atom. The third kappa shape index (κ3) is 2.19. The van der Waals surface area contributed by atoms with Gasteiger partial charge in [0.1, 0.15) is 5.82 Å². The van der Waals surface area contributed by atoms with Crippen molar-refractivity contribution in [2.24, 2.45) is 0 Å². The van der Waals surface area contributed by atoms with Crippen LogP contribution in [0.2, 0.25) is 0 Å². The molecule has 1 fully saturated rings. The molecule has 1 aliphatic rings. The average Bonchev–Trinajstić information content (AvgIpc) is 2.30. The Labute approximate surface area is 97.9 Å². The van der Waals surface area contributed by atoms with Gasteiger partial charge in [0.05, 0.1) is 0 Å². The number of hydrogen-bond acceptors (Lipinski definition) is 3. The molecule has 1 aliphatic heterocycles. The molecule has 1 aromatic heterocycles. The highest BCUT2D eigenvalue weighted by Crippen LogP contribution is 2.31. The second kappa shape index (κ2) is 4.83. The molecule has 2 heterocycles. The normalized spacial score (nSPS) is 22.1. The first-order chi connectivity index (χ1) is 7.72. The van der Waals surface area contributed by atoms with Crippen LogP contribution in [0, 0.1) is 6.92 Å². The average molecular weight is 219 g/mol. The molecule has 1 N–H and O–H groups in total. The van der Waals surface area contributed by atoms with Crippen molar-refractivity contribution in [1.82, 2.24) is 9.88 Å². The lowest BCUT2D eigenvalue weighted by molar-refractivity contribution is 0.186. The van der Waals surface area contributed by atoms with Gasteiger partial charge in [0.25, 0.3) is 0 Å². The zero-order valence-electron chi connectivity index (χ0n) is 10.5. The number of nitrogens with one attached hydrogen (secondary N) is 1. The van der Waals surface area contributed by atoms with Crippen LogP contribution in [-0.2, 0) is 0 Å². The van der Waals surface area contributed by atoms with Crippen LogP contribution in [0.5, 0.6) is 0 Å². The van der Waals surface area contributed by atoms with Gasteiger partial charge in [0.2, 0.25) is 0 Å². The molecule has 3 heteroatoms. The van der Waals surface area contributed by atoms with Gasteiger partial charge in [-0.15, -0.1) is 0 Å². The Morgan fingerprint density at radius 2 is 2.25 bits per heavy atom. The number of nitrogens with zero attached hydrogens (tertiary/aromatic N) is 2. The van der Waals surface area contributed by atoms with E-state index in [-0.39, 0.29) is 0 Å². The van der Waals surface area contributed by atoms with Crippen molar-refractivity contribution in [1.29, 1.82) is 0 Å². The summed E-state index contributed by atoms with van der Waals surface area (Å²) in [7, 11) is 4.13. The van der Waals surface area contributed by atoms with E-state index in [0.717, 1.165) is 5.82 Å². The molecule has 1 aromatic rings. The third-order valence-electron chi connectivity index (χ3n) is 3.54. The molecular formula is C13H21N3. The second-order valence-electron chi connectivity index (χ2n) is 4.67. The van der Waals surface area contributed by atoms with Gasteiger partial charge in [-0.2, -0.15) is 0 Å². The summed E-state index contributed by atoms with van der Waals surface area (Å²) >= 11 is 0. The van der Waals surface area contributed by atoms with E-state index in [0.29, 0.717) is 6.04 Å². The standard InChI is InChI=1S/C13H21N3/c1-10-8-13(14-2)15-9-11(10)12-6-4-5-7-16(12)3/h8-9,12H,4-7H2,1-3H3,(H,14,15)/t12-/m0/s1. The van der Waals surface area contributed by atoms with E-state index >= 15 is 0 Å². The van der Waals surface area contributed by atoms with E-state index in [1.165, 1.54) is 36.9 Å². The van der Waals surface area contributed by atoms with Gasteiger partial charge in [-0.05, 0) is 50.6 Å². The lowest BCUT2D eigenvalue weighted by Crippen LogP contribution is -2.30. The molecule has 0 aromatic carbocycles. The van der Waals surface area contributed by atoms with Gasteiger partial charge in [-0.1, -0.05) is 6.42 Å². The maximum atomic E-state index is 4.43. The number of piperidine rings is 1. The van der Waals surface area contributed by atoms with Crippen LogP contribution in [0.15, 0.2) is 12.3 Å². The van der Waals surface area contributed by atoms with Crippen LogP contribution in [0.25, 0.3) is 0 Å². The van der Waals surface area contributed by atoms with Gasteiger partial charge in [0.15, 0.2) is 0 Å². The van der Waals surface area contributed by atoms with E-state index < -0.39 is 0 Å². The molecule has 88 valence electrons. The summed E-state index contributed by atoms with van der Waals surface area (Å²) in [5, 5.41) is 3.08. The molecular weight excluding hydrogens is 198 g/mol. The smallest absolute Gasteiger partial charge is 0.125 e. The minimum atomic E-state index is 0.562. The highest BCUT2D eigenvalue weighted by Gasteiger charge is 2.22. The van der Waals surface area contributed by atoms with Crippen LogP contribution in [-0.4, -0.2) is 30.5 Å². The number of pyridine rings is 1. The van der Waals surface area contributed by atoms with E-state index in [1.54, 1.807) is 0 Å². The monoisotopic (exact) mass is 219 g/mol. The predicted octanol–water partition coefficient (Wildman–Crippen LogP) is 2.59. The molecule has 0 spiro atoms. The Morgan fingerprint density at radius 3 is 2.88 bits per heavy atom. The molecule has 1 atom stereocenters. The fourth-order valence-corrected chi connectivity index (χ4v) is 2.52. The van der Waals surface area contributed by atoms with Crippen molar-refractivity contribution < 1.29 is 0 Å². The highest BCUT2D eigenvalue weighted by atomic mass is 15.1. The summed E-state index contributed by atoms with van der Waals surface area (Å²) in [5.41, 5.74) is 2.74. The Hall–Kier alpha value is -1.09. The SMILES string of the molecule is CNc1cc(C)c([C@@H]2CCCCN2C)cn1. The molecule has 3 nitrogen and oxygen atoms in total. The summed E-state index contributed by atoms with van der Waals surface area (Å²) in [5.74, 6) is 0.958. The first kappa shape index (κ1) is 11.4. The summed E-state index contributed by atoms with van der Waals surface area (Å²) in [6.45, 7) is 3.39. The molecule has 1 saturated heterocycles. The van der Waals surface area contributed by atoms with E-state index in [2.05, 4.69) is 35.2 Å². The van der Waals surface area contributed by atoms with E-state index in [9.17, 15) is 0 Å². The van der Waals surface area contributed by atoms with Gasteiger partial charge < -0.3 is 5.32 Å². The summed E-state index contributed by atoms with van der Waals surface area (Å²) < 4.78 is 0. The van der Waals surface area contributed by atoms with Crippen molar-refractivity contribution in [2.45, 2.75) is 32.2 Å². The number of hydrogen-bond donors (Lipinski definition) is 1. The molecule has 0 unspecified atom stereocenters. The van der Waals surface area contributed by atoms with Crippen molar-refractivity contribution >= 4 is 5.82 Å². The maximum Gasteiger partial charge on any atom is 0.125 e. The zero-order chi connectivity index (χ0) is 11.5. The minimum Gasteiger partial charge on any atom is -0.373 e. The number of likely N-dealkylation sites (tertiary alicyclic amines) is 1. The largest absolute Gasteiger partial charge is 0.373 e. The van der Waals surface area contributed by atoms with Crippen LogP contribution >= 0.6 is 0 Å². The topological polar surface area (TPSA) is 28.2 Å².